The highest BCUT2D eigenvalue weighted by atomic mass is 35.5. The lowest BCUT2D eigenvalue weighted by molar-refractivity contribution is -0.140. The number of halogens is 1. The van der Waals surface area contributed by atoms with Gasteiger partial charge in [0, 0.05) is 12.1 Å². The van der Waals surface area contributed by atoms with Crippen molar-refractivity contribution in [2.24, 2.45) is 0 Å². The number of likely N-dealkylation sites (N-methyl/N-ethyl adjacent to an activating group) is 1. The Morgan fingerprint density at radius 1 is 1.27 bits per heavy atom. The van der Waals surface area contributed by atoms with Gasteiger partial charge in [0.25, 0.3) is 0 Å². The van der Waals surface area contributed by atoms with Crippen molar-refractivity contribution in [3.63, 3.8) is 0 Å². The van der Waals surface area contributed by atoms with E-state index in [1.807, 2.05) is 0 Å². The van der Waals surface area contributed by atoms with Gasteiger partial charge in [-0.1, -0.05) is 23.7 Å². The van der Waals surface area contributed by atoms with Crippen LogP contribution in [0, 0.1) is 0 Å². The summed E-state index contributed by atoms with van der Waals surface area (Å²) in [6, 6.07) is 6.25. The van der Waals surface area contributed by atoms with Gasteiger partial charge in [0.15, 0.2) is 0 Å². The molecule has 15 heavy (non-hydrogen) atoms. The largest absolute Gasteiger partial charge is 0.305 e. The van der Waals surface area contributed by atoms with E-state index in [1.54, 1.807) is 24.3 Å². The van der Waals surface area contributed by atoms with Crippen molar-refractivity contribution >= 4 is 23.3 Å². The number of rotatable bonds is 1. The lowest BCUT2D eigenvalue weighted by Crippen LogP contribution is -2.30. The third-order valence-corrected chi connectivity index (χ3v) is 2.56. The molecule has 78 valence electrons. The fraction of sp³-hybridized carbons (Fsp3) is 0.200. The maximum absolute atomic E-state index is 11.5. The predicted octanol–water partition coefficient (Wildman–Crippen LogP) is 0.927. The van der Waals surface area contributed by atoms with Gasteiger partial charge >= 0.3 is 5.91 Å². The highest BCUT2D eigenvalue weighted by molar-refractivity contribution is 6.39. The predicted molar refractivity (Wildman–Crippen MR) is 55.1 cm³/mol. The van der Waals surface area contributed by atoms with Gasteiger partial charge < -0.3 is 0 Å². The van der Waals surface area contributed by atoms with Crippen LogP contribution >= 0.6 is 11.6 Å². The Hall–Kier alpha value is -1.39. The molecule has 0 aromatic heterocycles. The van der Waals surface area contributed by atoms with E-state index in [-0.39, 0.29) is 0 Å². The molecule has 1 N–H and O–H groups in total. The van der Waals surface area contributed by atoms with Crippen LogP contribution < -0.4 is 5.43 Å². The molecule has 2 rings (SSSR count). The summed E-state index contributed by atoms with van der Waals surface area (Å²) in [6.45, 7) is 0. The molecule has 5 heteroatoms. The number of nitrogens with zero attached hydrogens (tertiary/aromatic N) is 1. The van der Waals surface area contributed by atoms with Crippen LogP contribution in [0.3, 0.4) is 0 Å². The minimum absolute atomic E-state index is 0.445. The maximum Gasteiger partial charge on any atom is 0.305 e. The molecular formula is C10H9ClN2O2. The third-order valence-electron chi connectivity index (χ3n) is 2.30. The maximum atomic E-state index is 11.5. The van der Waals surface area contributed by atoms with E-state index in [1.165, 1.54) is 12.1 Å². The highest BCUT2D eigenvalue weighted by Gasteiger charge is 2.37. The summed E-state index contributed by atoms with van der Waals surface area (Å²) in [6.07, 6.45) is 0. The van der Waals surface area contributed by atoms with Crippen molar-refractivity contribution < 1.29 is 9.59 Å². The van der Waals surface area contributed by atoms with E-state index in [0.29, 0.717) is 5.02 Å². The number of hydrogen-bond donors (Lipinski definition) is 1. The second kappa shape index (κ2) is 3.64. The first-order valence-electron chi connectivity index (χ1n) is 4.43. The second-order valence-electron chi connectivity index (χ2n) is 3.34. The summed E-state index contributed by atoms with van der Waals surface area (Å²) in [7, 11) is 1.52. The Labute approximate surface area is 91.8 Å². The summed E-state index contributed by atoms with van der Waals surface area (Å²) >= 11 is 5.73. The molecule has 0 saturated carbocycles. The number of hydrazine groups is 1. The van der Waals surface area contributed by atoms with Gasteiger partial charge in [-0.25, -0.2) is 5.43 Å². The van der Waals surface area contributed by atoms with Gasteiger partial charge in [0.2, 0.25) is 5.78 Å². The van der Waals surface area contributed by atoms with Crippen molar-refractivity contribution in [2.45, 2.75) is 6.04 Å². The van der Waals surface area contributed by atoms with Crippen LogP contribution in [0.4, 0.5) is 0 Å². The third kappa shape index (κ3) is 1.73. The SMILES string of the molecule is CN1NC(c2ccc(Cl)cc2)C(=O)C1=O. The topological polar surface area (TPSA) is 49.4 Å². The second-order valence-corrected chi connectivity index (χ2v) is 3.78. The van der Waals surface area contributed by atoms with Gasteiger partial charge in [-0.2, -0.15) is 0 Å². The quantitative estimate of drug-likeness (QED) is 0.722. The molecular weight excluding hydrogens is 216 g/mol. The molecule has 1 atom stereocenters. The molecule has 4 nitrogen and oxygen atoms in total. The van der Waals surface area contributed by atoms with Crippen LogP contribution in [-0.2, 0) is 9.59 Å². The molecule has 1 fully saturated rings. The number of nitrogens with one attached hydrogen (secondary N) is 1. The van der Waals surface area contributed by atoms with E-state index in [2.05, 4.69) is 5.43 Å². The van der Waals surface area contributed by atoms with Crippen LogP contribution in [0.25, 0.3) is 0 Å². The summed E-state index contributed by atoms with van der Waals surface area (Å²) in [5.41, 5.74) is 3.52. The first-order chi connectivity index (χ1) is 7.09. The molecule has 1 aromatic rings. The molecule has 1 saturated heterocycles. The van der Waals surface area contributed by atoms with Crippen molar-refractivity contribution in [1.82, 2.24) is 10.4 Å². The standard InChI is InChI=1S/C10H9ClN2O2/c1-13-10(15)9(14)8(12-13)6-2-4-7(11)5-3-6/h2-5,8,12H,1H3. The molecule has 0 spiro atoms. The van der Waals surface area contributed by atoms with Gasteiger partial charge in [-0.05, 0) is 17.7 Å². The number of ketones is 1. The molecule has 1 unspecified atom stereocenters. The molecule has 1 aliphatic rings. The minimum atomic E-state index is -0.584. The molecule has 1 aliphatic heterocycles. The number of benzene rings is 1. The number of hydrogen-bond acceptors (Lipinski definition) is 3. The zero-order valence-corrected chi connectivity index (χ0v) is 8.78. The van der Waals surface area contributed by atoms with E-state index >= 15 is 0 Å². The average molecular weight is 225 g/mol. The molecule has 1 aromatic carbocycles. The monoisotopic (exact) mass is 224 g/mol. The van der Waals surface area contributed by atoms with Crippen molar-refractivity contribution in [3.05, 3.63) is 34.9 Å². The Kier molecular flexibility index (Phi) is 2.46. The zero-order valence-electron chi connectivity index (χ0n) is 8.03. The lowest BCUT2D eigenvalue weighted by atomic mass is 10.0. The van der Waals surface area contributed by atoms with Crippen LogP contribution in [0.15, 0.2) is 24.3 Å². The summed E-state index contributed by atoms with van der Waals surface area (Å²) in [5.74, 6) is -0.963. The fourth-order valence-corrected chi connectivity index (χ4v) is 1.61. The highest BCUT2D eigenvalue weighted by Crippen LogP contribution is 2.21. The summed E-state index contributed by atoms with van der Waals surface area (Å²) in [5, 5.41) is 1.80. The van der Waals surface area contributed by atoms with Gasteiger partial charge in [0.1, 0.15) is 6.04 Å². The van der Waals surface area contributed by atoms with Gasteiger partial charge in [0.05, 0.1) is 0 Å². The first-order valence-corrected chi connectivity index (χ1v) is 4.81. The molecule has 0 bridgehead atoms. The van der Waals surface area contributed by atoms with Crippen LogP contribution in [-0.4, -0.2) is 23.7 Å². The van der Waals surface area contributed by atoms with E-state index in [4.69, 9.17) is 11.6 Å². The minimum Gasteiger partial charge on any atom is -0.286 e. The Bertz CT molecular complexity index is 416. The van der Waals surface area contributed by atoms with Crippen molar-refractivity contribution in [1.29, 1.82) is 0 Å². The average Bonchev–Trinajstić information content (AvgIpc) is 2.47. The van der Waals surface area contributed by atoms with E-state index in [9.17, 15) is 9.59 Å². The van der Waals surface area contributed by atoms with Gasteiger partial charge in [-0.3, -0.25) is 14.6 Å². The van der Waals surface area contributed by atoms with Crippen molar-refractivity contribution in [3.8, 4) is 0 Å². The fourth-order valence-electron chi connectivity index (χ4n) is 1.48. The van der Waals surface area contributed by atoms with E-state index < -0.39 is 17.7 Å². The molecule has 0 radical (unpaired) electrons. The Balaban J connectivity index is 2.29. The summed E-state index contributed by atoms with van der Waals surface area (Å²) < 4.78 is 0. The molecule has 0 aliphatic carbocycles. The van der Waals surface area contributed by atoms with Crippen LogP contribution in [0.2, 0.25) is 5.02 Å². The van der Waals surface area contributed by atoms with Gasteiger partial charge in [-0.15, -0.1) is 0 Å². The number of amides is 1. The molecule has 1 heterocycles. The first kappa shape index (κ1) is 10.1. The number of carbonyl (C=O) groups is 2. The molecule has 1 amide bonds. The number of Topliss-reactive ketones (excluding diaryl/α,β-unsaturated/α-hetero) is 1. The van der Waals surface area contributed by atoms with E-state index in [0.717, 1.165) is 5.56 Å². The summed E-state index contributed by atoms with van der Waals surface area (Å²) in [4.78, 5) is 22.8. The van der Waals surface area contributed by atoms with Crippen molar-refractivity contribution in [2.75, 3.05) is 7.05 Å². The Morgan fingerprint density at radius 3 is 2.33 bits per heavy atom. The zero-order chi connectivity index (χ0) is 11.0. The van der Waals surface area contributed by atoms with Crippen LogP contribution in [0.5, 0.6) is 0 Å². The normalized spacial score (nSPS) is 21.2. The smallest absolute Gasteiger partial charge is 0.286 e. The Morgan fingerprint density at radius 2 is 1.87 bits per heavy atom. The lowest BCUT2D eigenvalue weighted by Gasteiger charge is -2.10. The van der Waals surface area contributed by atoms with Crippen LogP contribution in [0.1, 0.15) is 11.6 Å². The number of carbonyl (C=O) groups excluding carboxylic acids is 2.